The van der Waals surface area contributed by atoms with Gasteiger partial charge in [0.1, 0.15) is 0 Å². The maximum Gasteiger partial charge on any atom is 0.0723 e. The van der Waals surface area contributed by atoms with Gasteiger partial charge in [-0.3, -0.25) is 9.98 Å². The van der Waals surface area contributed by atoms with E-state index in [0.717, 1.165) is 12.8 Å². The molecule has 6 aromatic carbocycles. The van der Waals surface area contributed by atoms with Crippen LogP contribution in [0.4, 0.5) is 0 Å². The molecule has 7 rings (SSSR count). The average molecular weight is 491 g/mol. The van der Waals surface area contributed by atoms with E-state index in [1.807, 2.05) is 0 Å². The summed E-state index contributed by atoms with van der Waals surface area (Å²) in [4.78, 5) is 10.5. The molecular weight excluding hydrogens is 460 g/mol. The van der Waals surface area contributed by atoms with E-state index >= 15 is 0 Å². The highest BCUT2D eigenvalue weighted by atomic mass is 14.9. The van der Waals surface area contributed by atoms with Crippen LogP contribution in [0.2, 0.25) is 0 Å². The fourth-order valence-electron chi connectivity index (χ4n) is 6.16. The molecule has 1 aliphatic rings. The van der Waals surface area contributed by atoms with E-state index in [9.17, 15) is 0 Å². The van der Waals surface area contributed by atoms with E-state index < -0.39 is 0 Å². The molecule has 1 saturated carbocycles. The minimum Gasteiger partial charge on any atom is -0.287 e. The third kappa shape index (κ3) is 4.16. The summed E-state index contributed by atoms with van der Waals surface area (Å²) in [5.41, 5.74) is 2.43. The SMILES string of the molecule is C(=NC1CCCCC1N=Cc1c2ccccc2cc2ccccc12)c1c2ccccc2cc2ccccc12. The Balaban J connectivity index is 1.28. The van der Waals surface area contributed by atoms with Gasteiger partial charge in [0, 0.05) is 23.6 Å². The van der Waals surface area contributed by atoms with Crippen molar-refractivity contribution in [3.05, 3.63) is 120 Å². The third-order valence-electron chi connectivity index (χ3n) is 8.11. The van der Waals surface area contributed by atoms with E-state index in [-0.39, 0.29) is 12.1 Å². The Labute approximate surface area is 223 Å². The van der Waals surface area contributed by atoms with Crippen molar-refractivity contribution < 1.29 is 0 Å². The van der Waals surface area contributed by atoms with Crippen molar-refractivity contribution in [3.63, 3.8) is 0 Å². The summed E-state index contributed by atoms with van der Waals surface area (Å²) in [6, 6.07) is 39.5. The molecule has 2 nitrogen and oxygen atoms in total. The van der Waals surface area contributed by atoms with Crippen molar-refractivity contribution >= 4 is 55.5 Å². The third-order valence-corrected chi connectivity index (χ3v) is 8.11. The Morgan fingerprint density at radius 3 is 1.11 bits per heavy atom. The van der Waals surface area contributed by atoms with Gasteiger partial charge in [-0.05, 0) is 68.1 Å². The topological polar surface area (TPSA) is 24.7 Å². The van der Waals surface area contributed by atoms with Gasteiger partial charge in [0.2, 0.25) is 0 Å². The first-order valence-electron chi connectivity index (χ1n) is 13.7. The van der Waals surface area contributed by atoms with Crippen LogP contribution in [0.15, 0.2) is 119 Å². The van der Waals surface area contributed by atoms with Gasteiger partial charge in [0.25, 0.3) is 0 Å². The molecule has 2 atom stereocenters. The first-order chi connectivity index (χ1) is 18.8. The molecule has 0 heterocycles. The fraction of sp³-hybridized carbons (Fsp3) is 0.167. The molecule has 0 spiro atoms. The number of hydrogen-bond donors (Lipinski definition) is 0. The minimum atomic E-state index is 0.193. The number of rotatable bonds is 4. The van der Waals surface area contributed by atoms with Crippen LogP contribution in [0.25, 0.3) is 43.1 Å². The standard InChI is InChI=1S/C36H30N2/c1-5-15-29-25(11-1)21-26-12-2-6-16-30(26)33(29)23-37-35-19-9-10-20-36(35)38-24-34-31-17-7-3-13-27(31)22-28-14-4-8-18-32(28)34/h1-8,11-18,21-24,35-36H,9-10,19-20H2. The summed E-state index contributed by atoms with van der Waals surface area (Å²) in [6.45, 7) is 0. The van der Waals surface area contributed by atoms with Crippen LogP contribution in [-0.4, -0.2) is 24.5 Å². The lowest BCUT2D eigenvalue weighted by atomic mass is 9.90. The van der Waals surface area contributed by atoms with Gasteiger partial charge in [0.15, 0.2) is 0 Å². The van der Waals surface area contributed by atoms with E-state index in [0.29, 0.717) is 0 Å². The first kappa shape index (κ1) is 22.9. The predicted molar refractivity (Wildman–Crippen MR) is 164 cm³/mol. The Hall–Kier alpha value is -4.30. The van der Waals surface area contributed by atoms with E-state index in [4.69, 9.17) is 9.98 Å². The highest BCUT2D eigenvalue weighted by molar-refractivity contribution is 6.14. The number of benzene rings is 6. The van der Waals surface area contributed by atoms with Crippen molar-refractivity contribution in [1.29, 1.82) is 0 Å². The molecule has 1 fully saturated rings. The summed E-state index contributed by atoms with van der Waals surface area (Å²) in [5.74, 6) is 0. The molecule has 0 N–H and O–H groups in total. The first-order valence-corrected chi connectivity index (χ1v) is 13.7. The van der Waals surface area contributed by atoms with Gasteiger partial charge in [-0.1, -0.05) is 110 Å². The molecule has 0 radical (unpaired) electrons. The Morgan fingerprint density at radius 2 is 0.763 bits per heavy atom. The molecule has 0 amide bonds. The van der Waals surface area contributed by atoms with Crippen molar-refractivity contribution in [2.24, 2.45) is 9.98 Å². The lowest BCUT2D eigenvalue weighted by Gasteiger charge is -2.25. The second-order valence-corrected chi connectivity index (χ2v) is 10.4. The molecule has 0 aromatic heterocycles. The fourth-order valence-corrected chi connectivity index (χ4v) is 6.16. The number of nitrogens with zero attached hydrogens (tertiary/aromatic N) is 2. The highest BCUT2D eigenvalue weighted by Crippen LogP contribution is 2.30. The monoisotopic (exact) mass is 490 g/mol. The number of fused-ring (bicyclic) bond motifs is 4. The second-order valence-electron chi connectivity index (χ2n) is 10.4. The Bertz CT molecular complexity index is 1600. The number of aliphatic imine (C=N–C) groups is 2. The summed E-state index contributed by atoms with van der Waals surface area (Å²) in [7, 11) is 0. The van der Waals surface area contributed by atoms with Gasteiger partial charge >= 0.3 is 0 Å². The van der Waals surface area contributed by atoms with Crippen molar-refractivity contribution in [2.75, 3.05) is 0 Å². The van der Waals surface area contributed by atoms with Gasteiger partial charge < -0.3 is 0 Å². The smallest absolute Gasteiger partial charge is 0.0723 e. The van der Waals surface area contributed by atoms with Crippen LogP contribution in [0.5, 0.6) is 0 Å². The molecule has 184 valence electrons. The van der Waals surface area contributed by atoms with Crippen LogP contribution in [-0.2, 0) is 0 Å². The molecule has 2 heteroatoms. The average Bonchev–Trinajstić information content (AvgIpc) is 2.98. The zero-order chi connectivity index (χ0) is 25.3. The summed E-state index contributed by atoms with van der Waals surface area (Å²) in [6.07, 6.45) is 8.85. The summed E-state index contributed by atoms with van der Waals surface area (Å²) < 4.78 is 0. The molecule has 0 saturated heterocycles. The quantitative estimate of drug-likeness (QED) is 0.174. The van der Waals surface area contributed by atoms with Crippen LogP contribution < -0.4 is 0 Å². The van der Waals surface area contributed by atoms with Gasteiger partial charge in [-0.2, -0.15) is 0 Å². The predicted octanol–water partition coefficient (Wildman–Crippen LogP) is 9.15. The van der Waals surface area contributed by atoms with Crippen LogP contribution >= 0.6 is 0 Å². The molecule has 0 aliphatic heterocycles. The largest absolute Gasteiger partial charge is 0.287 e. The summed E-state index contributed by atoms with van der Waals surface area (Å²) >= 11 is 0. The van der Waals surface area contributed by atoms with Gasteiger partial charge in [-0.25, -0.2) is 0 Å². The van der Waals surface area contributed by atoms with E-state index in [1.165, 1.54) is 67.1 Å². The molecular formula is C36H30N2. The lowest BCUT2D eigenvalue weighted by Crippen LogP contribution is -2.27. The number of hydrogen-bond acceptors (Lipinski definition) is 2. The van der Waals surface area contributed by atoms with Crippen LogP contribution in [0, 0.1) is 0 Å². The van der Waals surface area contributed by atoms with Gasteiger partial charge in [0.05, 0.1) is 12.1 Å². The van der Waals surface area contributed by atoms with Crippen molar-refractivity contribution in [2.45, 2.75) is 37.8 Å². The zero-order valence-electron chi connectivity index (χ0n) is 21.4. The normalized spacial score (nSPS) is 18.4. The highest BCUT2D eigenvalue weighted by Gasteiger charge is 2.23. The maximum absolute atomic E-state index is 5.23. The minimum absolute atomic E-state index is 0.193. The molecule has 38 heavy (non-hydrogen) atoms. The lowest BCUT2D eigenvalue weighted by molar-refractivity contribution is 0.390. The molecule has 2 unspecified atom stereocenters. The van der Waals surface area contributed by atoms with Crippen molar-refractivity contribution in [3.8, 4) is 0 Å². The Kier molecular flexibility index (Phi) is 5.94. The Morgan fingerprint density at radius 1 is 0.447 bits per heavy atom. The van der Waals surface area contributed by atoms with E-state index in [2.05, 4.69) is 122 Å². The molecule has 6 aromatic rings. The molecule has 0 bridgehead atoms. The van der Waals surface area contributed by atoms with Gasteiger partial charge in [-0.15, -0.1) is 0 Å². The molecule has 1 aliphatic carbocycles. The second kappa shape index (κ2) is 9.87. The zero-order valence-corrected chi connectivity index (χ0v) is 21.4. The van der Waals surface area contributed by atoms with Crippen LogP contribution in [0.3, 0.4) is 0 Å². The van der Waals surface area contributed by atoms with Crippen molar-refractivity contribution in [1.82, 2.24) is 0 Å². The van der Waals surface area contributed by atoms with Crippen LogP contribution in [0.1, 0.15) is 36.8 Å². The summed E-state index contributed by atoms with van der Waals surface area (Å²) in [5, 5.41) is 10.1. The van der Waals surface area contributed by atoms with E-state index in [1.54, 1.807) is 0 Å². The maximum atomic E-state index is 5.23.